The van der Waals surface area contributed by atoms with Crippen molar-refractivity contribution in [3.63, 3.8) is 0 Å². The number of hydrogen-bond acceptors (Lipinski definition) is 5. The Kier molecular flexibility index (Phi) is 7.75. The number of hydrogen-bond donors (Lipinski definition) is 0. The fourth-order valence-electron chi connectivity index (χ4n) is 4.57. The Bertz CT molecular complexity index is 1230. The third-order valence-electron chi connectivity index (χ3n) is 6.46. The predicted octanol–water partition coefficient (Wildman–Crippen LogP) is 7.58. The fourth-order valence-corrected chi connectivity index (χ4v) is 6.96. The van der Waals surface area contributed by atoms with E-state index in [2.05, 4.69) is 31.2 Å². The first-order valence-electron chi connectivity index (χ1n) is 12.3. The molecule has 7 heteroatoms. The summed E-state index contributed by atoms with van der Waals surface area (Å²) >= 11 is 8.92. The Labute approximate surface area is 221 Å². The Balaban J connectivity index is 1.48. The third kappa shape index (κ3) is 5.42. The molecular formula is C28H29N3OS3. The van der Waals surface area contributed by atoms with Crippen molar-refractivity contribution >= 4 is 52.0 Å². The molecule has 0 bridgehead atoms. The van der Waals surface area contributed by atoms with E-state index in [1.807, 2.05) is 63.9 Å². The van der Waals surface area contributed by atoms with E-state index in [0.29, 0.717) is 9.23 Å². The van der Waals surface area contributed by atoms with Gasteiger partial charge in [-0.2, -0.15) is 5.10 Å². The summed E-state index contributed by atoms with van der Waals surface area (Å²) in [6.45, 7) is 2.22. The Morgan fingerprint density at radius 3 is 2.57 bits per heavy atom. The number of rotatable bonds is 8. The maximum absolute atomic E-state index is 13.3. The van der Waals surface area contributed by atoms with Crippen molar-refractivity contribution in [2.75, 3.05) is 5.75 Å². The molecule has 1 amide bonds. The van der Waals surface area contributed by atoms with E-state index in [9.17, 15) is 4.79 Å². The number of thiocarbonyl (C=S) groups is 1. The maximum Gasteiger partial charge on any atom is 0.266 e. The van der Waals surface area contributed by atoms with Crippen molar-refractivity contribution in [1.82, 2.24) is 14.7 Å². The average Bonchev–Trinajstić information content (AvgIpc) is 3.61. The van der Waals surface area contributed by atoms with Crippen LogP contribution in [0.2, 0.25) is 0 Å². The molecule has 4 nitrogen and oxygen atoms in total. The Morgan fingerprint density at radius 2 is 1.86 bits per heavy atom. The van der Waals surface area contributed by atoms with Crippen LogP contribution in [0.4, 0.5) is 0 Å². The topological polar surface area (TPSA) is 38.1 Å². The van der Waals surface area contributed by atoms with Gasteiger partial charge in [0.25, 0.3) is 5.91 Å². The third-order valence-corrected chi connectivity index (χ3v) is 8.89. The summed E-state index contributed by atoms with van der Waals surface area (Å²) in [4.78, 5) is 17.1. The molecule has 5 rings (SSSR count). The van der Waals surface area contributed by atoms with Crippen LogP contribution in [-0.2, 0) is 4.79 Å². The van der Waals surface area contributed by atoms with Crippen LogP contribution < -0.4 is 0 Å². The van der Waals surface area contributed by atoms with Gasteiger partial charge in [0.15, 0.2) is 0 Å². The minimum Gasteiger partial charge on any atom is -0.290 e. The SMILES string of the molecule is CCCCSc1ccc(-c2nn(-c3ccccc3)cc2C=C2SC(=S)N(C3CCCC3)C2=O)cc1. The number of thioether (sulfide) groups is 2. The van der Waals surface area contributed by atoms with Crippen LogP contribution >= 0.6 is 35.7 Å². The van der Waals surface area contributed by atoms with E-state index in [1.54, 1.807) is 0 Å². The van der Waals surface area contributed by atoms with E-state index in [4.69, 9.17) is 17.3 Å². The average molecular weight is 520 g/mol. The van der Waals surface area contributed by atoms with E-state index in [0.717, 1.165) is 41.1 Å². The zero-order valence-electron chi connectivity index (χ0n) is 19.9. The van der Waals surface area contributed by atoms with Crippen LogP contribution in [0.5, 0.6) is 0 Å². The molecule has 3 aromatic rings. The van der Waals surface area contributed by atoms with Gasteiger partial charge in [-0.1, -0.05) is 80.5 Å². The lowest BCUT2D eigenvalue weighted by Crippen LogP contribution is -2.36. The lowest BCUT2D eigenvalue weighted by Gasteiger charge is -2.21. The molecule has 35 heavy (non-hydrogen) atoms. The molecular weight excluding hydrogens is 491 g/mol. The number of para-hydroxylation sites is 1. The number of amides is 1. The summed E-state index contributed by atoms with van der Waals surface area (Å²) in [5.74, 6) is 1.17. The summed E-state index contributed by atoms with van der Waals surface area (Å²) in [6.07, 6.45) is 10.8. The standard InChI is InChI=1S/C28H29N3OS3/c1-2-3-17-34-24-15-13-20(14-16-24)26-21(19-30(29-26)22-9-5-4-6-10-22)18-25-27(32)31(28(33)35-25)23-11-7-8-12-23/h4-6,9-10,13-16,18-19,23H,2-3,7-8,11-12,17H2,1H3. The summed E-state index contributed by atoms with van der Waals surface area (Å²) in [6, 6.07) is 18.9. The van der Waals surface area contributed by atoms with Gasteiger partial charge in [-0.3, -0.25) is 9.69 Å². The molecule has 1 aliphatic heterocycles. The van der Waals surface area contributed by atoms with Crippen LogP contribution in [0.3, 0.4) is 0 Å². The molecule has 0 unspecified atom stereocenters. The number of aromatic nitrogens is 2. The smallest absolute Gasteiger partial charge is 0.266 e. The van der Waals surface area contributed by atoms with Gasteiger partial charge < -0.3 is 0 Å². The predicted molar refractivity (Wildman–Crippen MR) is 152 cm³/mol. The molecule has 0 spiro atoms. The summed E-state index contributed by atoms with van der Waals surface area (Å²) < 4.78 is 2.57. The normalized spacial score (nSPS) is 17.7. The van der Waals surface area contributed by atoms with Gasteiger partial charge >= 0.3 is 0 Å². The molecule has 0 radical (unpaired) electrons. The summed E-state index contributed by atoms with van der Waals surface area (Å²) in [5.41, 5.74) is 3.81. The highest BCUT2D eigenvalue weighted by atomic mass is 32.2. The number of carbonyl (C=O) groups excluding carboxylic acids is 1. The van der Waals surface area contributed by atoms with Crippen molar-refractivity contribution in [2.45, 2.75) is 56.4 Å². The van der Waals surface area contributed by atoms with Gasteiger partial charge in [0, 0.05) is 28.3 Å². The Morgan fingerprint density at radius 1 is 1.11 bits per heavy atom. The molecule has 0 N–H and O–H groups in total. The van der Waals surface area contributed by atoms with Crippen molar-refractivity contribution in [3.8, 4) is 16.9 Å². The lowest BCUT2D eigenvalue weighted by atomic mass is 10.1. The highest BCUT2D eigenvalue weighted by Gasteiger charge is 2.38. The molecule has 1 saturated carbocycles. The summed E-state index contributed by atoms with van der Waals surface area (Å²) in [7, 11) is 0. The minimum atomic E-state index is 0.0352. The van der Waals surface area contributed by atoms with E-state index in [1.165, 1.54) is 42.3 Å². The van der Waals surface area contributed by atoms with Crippen LogP contribution in [0.15, 0.2) is 70.6 Å². The molecule has 0 atom stereocenters. The van der Waals surface area contributed by atoms with Crippen molar-refractivity contribution < 1.29 is 4.79 Å². The highest BCUT2D eigenvalue weighted by Crippen LogP contribution is 2.39. The molecule has 2 heterocycles. The minimum absolute atomic E-state index is 0.0352. The van der Waals surface area contributed by atoms with Gasteiger partial charge in [0.1, 0.15) is 4.32 Å². The molecule has 1 aromatic heterocycles. The zero-order chi connectivity index (χ0) is 24.2. The van der Waals surface area contributed by atoms with Crippen molar-refractivity contribution in [1.29, 1.82) is 0 Å². The second-order valence-electron chi connectivity index (χ2n) is 8.93. The first-order valence-corrected chi connectivity index (χ1v) is 14.5. The highest BCUT2D eigenvalue weighted by molar-refractivity contribution is 8.26. The lowest BCUT2D eigenvalue weighted by molar-refractivity contribution is -0.123. The maximum atomic E-state index is 13.3. The second-order valence-corrected chi connectivity index (χ2v) is 11.8. The first kappa shape index (κ1) is 24.3. The monoisotopic (exact) mass is 519 g/mol. The van der Waals surface area contributed by atoms with Crippen LogP contribution in [0, 0.1) is 0 Å². The van der Waals surface area contributed by atoms with E-state index < -0.39 is 0 Å². The van der Waals surface area contributed by atoms with Gasteiger partial charge in [0.05, 0.1) is 16.3 Å². The van der Waals surface area contributed by atoms with Crippen LogP contribution in [-0.4, -0.2) is 36.7 Å². The van der Waals surface area contributed by atoms with Crippen LogP contribution in [0.1, 0.15) is 51.0 Å². The molecule has 180 valence electrons. The molecule has 1 aliphatic carbocycles. The first-order chi connectivity index (χ1) is 17.1. The molecule has 2 aromatic carbocycles. The van der Waals surface area contributed by atoms with Gasteiger partial charge in [0.2, 0.25) is 0 Å². The quantitative estimate of drug-likeness (QED) is 0.133. The summed E-state index contributed by atoms with van der Waals surface area (Å²) in [5, 5.41) is 4.94. The van der Waals surface area contributed by atoms with Crippen LogP contribution in [0.25, 0.3) is 23.0 Å². The molecule has 2 fully saturated rings. The van der Waals surface area contributed by atoms with E-state index >= 15 is 0 Å². The Hall–Kier alpha value is -2.35. The number of carbonyl (C=O) groups is 1. The molecule has 1 saturated heterocycles. The van der Waals surface area contributed by atoms with E-state index in [-0.39, 0.29) is 11.9 Å². The van der Waals surface area contributed by atoms with Crippen molar-refractivity contribution in [3.05, 3.63) is 71.3 Å². The van der Waals surface area contributed by atoms with Gasteiger partial charge in [-0.05, 0) is 55.4 Å². The fraction of sp³-hybridized carbons (Fsp3) is 0.321. The molecule has 2 aliphatic rings. The van der Waals surface area contributed by atoms with Gasteiger partial charge in [-0.25, -0.2) is 4.68 Å². The number of benzene rings is 2. The zero-order valence-corrected chi connectivity index (χ0v) is 22.3. The number of nitrogens with zero attached hydrogens (tertiary/aromatic N) is 3. The van der Waals surface area contributed by atoms with Gasteiger partial charge in [-0.15, -0.1) is 11.8 Å². The van der Waals surface area contributed by atoms with Crippen molar-refractivity contribution in [2.24, 2.45) is 0 Å². The number of unbranched alkanes of at least 4 members (excludes halogenated alkanes) is 1. The largest absolute Gasteiger partial charge is 0.290 e. The second kappa shape index (κ2) is 11.1.